The maximum absolute atomic E-state index is 14.7. The molecule has 4 nitrogen and oxygen atoms in total. The van der Waals surface area contributed by atoms with Gasteiger partial charge in [0.1, 0.15) is 5.82 Å². The van der Waals surface area contributed by atoms with Gasteiger partial charge in [0.25, 0.3) is 0 Å². The molecule has 0 saturated heterocycles. The molecule has 0 aliphatic rings. The number of rotatable bonds is 6. The topological polar surface area (TPSA) is 62.6 Å². The fourth-order valence-electron chi connectivity index (χ4n) is 2.93. The van der Waals surface area contributed by atoms with Gasteiger partial charge in [0.15, 0.2) is 0 Å². The van der Waals surface area contributed by atoms with Crippen molar-refractivity contribution in [1.82, 2.24) is 4.98 Å². The number of aliphatic hydroxyl groups excluding tert-OH is 2. The van der Waals surface area contributed by atoms with Gasteiger partial charge in [-0.2, -0.15) is 0 Å². The second-order valence-electron chi connectivity index (χ2n) is 6.11. The van der Waals surface area contributed by atoms with E-state index < -0.39 is 11.9 Å². The summed E-state index contributed by atoms with van der Waals surface area (Å²) >= 11 is 3.38. The molecule has 0 saturated carbocycles. The van der Waals surface area contributed by atoms with Crippen LogP contribution in [0.25, 0.3) is 11.1 Å². The number of halogens is 2. The number of nitrogens with zero attached hydrogens (tertiary/aromatic N) is 1. The Morgan fingerprint density at radius 1 is 1.03 bits per heavy atom. The van der Waals surface area contributed by atoms with Gasteiger partial charge in [-0.15, -0.1) is 0 Å². The molecule has 0 amide bonds. The predicted molar refractivity (Wildman–Crippen MR) is 116 cm³/mol. The molecule has 154 valence electrons. The average molecular weight is 462 g/mol. The highest BCUT2D eigenvalue weighted by atomic mass is 79.9. The maximum Gasteiger partial charge on any atom is 0.213 e. The Morgan fingerprint density at radius 3 is 2.41 bits per heavy atom. The summed E-state index contributed by atoms with van der Waals surface area (Å²) in [6, 6.07) is 13.6. The fourth-order valence-corrected chi connectivity index (χ4v) is 3.34. The monoisotopic (exact) mass is 461 g/mol. The molecule has 1 heterocycles. The van der Waals surface area contributed by atoms with Crippen LogP contribution in [0.4, 0.5) is 4.39 Å². The maximum atomic E-state index is 14.7. The lowest BCUT2D eigenvalue weighted by Crippen LogP contribution is -2.07. The first-order valence-electron chi connectivity index (χ1n) is 9.38. The minimum absolute atomic E-state index is 0.138. The quantitative estimate of drug-likeness (QED) is 0.511. The second kappa shape index (κ2) is 11.0. The molecule has 1 aromatic heterocycles. The lowest BCUT2D eigenvalue weighted by molar-refractivity contribution is 0.172. The van der Waals surface area contributed by atoms with Gasteiger partial charge in [-0.1, -0.05) is 48.0 Å². The lowest BCUT2D eigenvalue weighted by atomic mass is 9.96. The third-order valence-corrected chi connectivity index (χ3v) is 4.88. The molecule has 0 spiro atoms. The largest absolute Gasteiger partial charge is 0.481 e. The van der Waals surface area contributed by atoms with E-state index in [0.717, 1.165) is 15.6 Å². The third-order valence-electron chi connectivity index (χ3n) is 4.39. The zero-order valence-corrected chi connectivity index (χ0v) is 18.3. The summed E-state index contributed by atoms with van der Waals surface area (Å²) in [5, 5.41) is 20.0. The first kappa shape index (κ1) is 23.0. The second-order valence-corrected chi connectivity index (χ2v) is 7.03. The molecule has 1 atom stereocenters. The van der Waals surface area contributed by atoms with Gasteiger partial charge in [-0.25, -0.2) is 9.37 Å². The number of aliphatic hydroxyl groups is 2. The van der Waals surface area contributed by atoms with Crippen LogP contribution in [-0.2, 0) is 13.0 Å². The Balaban J connectivity index is 0.00000145. The first-order chi connectivity index (χ1) is 14.0. The molecular weight excluding hydrogens is 437 g/mol. The zero-order chi connectivity index (χ0) is 21.4. The van der Waals surface area contributed by atoms with E-state index in [-0.39, 0.29) is 18.6 Å². The molecule has 0 aliphatic carbocycles. The Labute approximate surface area is 179 Å². The molecule has 3 rings (SSSR count). The SMILES string of the molecule is CC.COc1cc(-c2ccc(C(O)Cc3cc(Br)ccc3CO)c(F)c2)ccn1. The molecule has 1 unspecified atom stereocenters. The number of hydrogen-bond acceptors (Lipinski definition) is 4. The summed E-state index contributed by atoms with van der Waals surface area (Å²) in [5.41, 5.74) is 3.13. The molecule has 0 radical (unpaired) electrons. The molecule has 29 heavy (non-hydrogen) atoms. The van der Waals surface area contributed by atoms with Crippen LogP contribution in [0.1, 0.15) is 36.6 Å². The van der Waals surface area contributed by atoms with Crippen LogP contribution >= 0.6 is 15.9 Å². The van der Waals surface area contributed by atoms with Crippen molar-refractivity contribution >= 4 is 15.9 Å². The van der Waals surface area contributed by atoms with Crippen LogP contribution in [0.3, 0.4) is 0 Å². The molecule has 2 aromatic carbocycles. The van der Waals surface area contributed by atoms with E-state index in [2.05, 4.69) is 20.9 Å². The van der Waals surface area contributed by atoms with Crippen molar-refractivity contribution in [2.45, 2.75) is 33.0 Å². The summed E-state index contributed by atoms with van der Waals surface area (Å²) in [4.78, 5) is 4.04. The zero-order valence-electron chi connectivity index (χ0n) is 16.7. The van der Waals surface area contributed by atoms with Crippen LogP contribution in [0.2, 0.25) is 0 Å². The van der Waals surface area contributed by atoms with E-state index in [1.54, 1.807) is 36.5 Å². The summed E-state index contributed by atoms with van der Waals surface area (Å²) < 4.78 is 20.6. The highest BCUT2D eigenvalue weighted by Crippen LogP contribution is 2.29. The Kier molecular flexibility index (Phi) is 8.76. The third kappa shape index (κ3) is 5.85. The number of hydrogen-bond donors (Lipinski definition) is 2. The highest BCUT2D eigenvalue weighted by molar-refractivity contribution is 9.10. The van der Waals surface area contributed by atoms with Crippen molar-refractivity contribution in [2.75, 3.05) is 7.11 Å². The van der Waals surface area contributed by atoms with Gasteiger partial charge in [0.2, 0.25) is 5.88 Å². The van der Waals surface area contributed by atoms with Crippen molar-refractivity contribution in [2.24, 2.45) is 0 Å². The van der Waals surface area contributed by atoms with E-state index in [9.17, 15) is 14.6 Å². The minimum atomic E-state index is -1.02. The van der Waals surface area contributed by atoms with E-state index in [0.29, 0.717) is 17.0 Å². The Morgan fingerprint density at radius 2 is 1.76 bits per heavy atom. The summed E-state index contributed by atoms with van der Waals surface area (Å²) in [6.45, 7) is 3.86. The molecular formula is C23H25BrFNO3. The van der Waals surface area contributed by atoms with Crippen LogP contribution in [0.15, 0.2) is 59.2 Å². The van der Waals surface area contributed by atoms with Gasteiger partial charge >= 0.3 is 0 Å². The molecule has 2 N–H and O–H groups in total. The highest BCUT2D eigenvalue weighted by Gasteiger charge is 2.16. The molecule has 0 bridgehead atoms. The van der Waals surface area contributed by atoms with E-state index in [1.807, 2.05) is 26.0 Å². The number of pyridine rings is 1. The van der Waals surface area contributed by atoms with Gasteiger partial charge in [-0.05, 0) is 46.5 Å². The summed E-state index contributed by atoms with van der Waals surface area (Å²) in [6.07, 6.45) is 0.776. The van der Waals surface area contributed by atoms with Gasteiger partial charge in [0, 0.05) is 28.7 Å². The number of ether oxygens (including phenoxy) is 1. The first-order valence-corrected chi connectivity index (χ1v) is 10.2. The van der Waals surface area contributed by atoms with Crippen molar-refractivity contribution < 1.29 is 19.3 Å². The number of aromatic nitrogens is 1. The van der Waals surface area contributed by atoms with Crippen molar-refractivity contribution in [3.63, 3.8) is 0 Å². The normalized spacial score (nSPS) is 11.4. The minimum Gasteiger partial charge on any atom is -0.481 e. The van der Waals surface area contributed by atoms with Gasteiger partial charge < -0.3 is 14.9 Å². The Hall–Kier alpha value is -2.28. The van der Waals surface area contributed by atoms with Crippen LogP contribution < -0.4 is 4.74 Å². The van der Waals surface area contributed by atoms with Gasteiger partial charge in [0.05, 0.1) is 19.8 Å². The molecule has 3 aromatic rings. The van der Waals surface area contributed by atoms with Crippen molar-refractivity contribution in [1.29, 1.82) is 0 Å². The van der Waals surface area contributed by atoms with Crippen LogP contribution in [0, 0.1) is 5.82 Å². The summed E-state index contributed by atoms with van der Waals surface area (Å²) in [7, 11) is 1.52. The fraction of sp³-hybridized carbons (Fsp3) is 0.261. The van der Waals surface area contributed by atoms with Crippen molar-refractivity contribution in [3.05, 3.63) is 81.7 Å². The number of benzene rings is 2. The van der Waals surface area contributed by atoms with Crippen molar-refractivity contribution in [3.8, 4) is 17.0 Å². The lowest BCUT2D eigenvalue weighted by Gasteiger charge is -2.15. The predicted octanol–water partition coefficient (Wildman–Crippen LogP) is 5.45. The molecule has 0 aliphatic heterocycles. The van der Waals surface area contributed by atoms with Crippen LogP contribution in [0.5, 0.6) is 5.88 Å². The van der Waals surface area contributed by atoms with E-state index in [4.69, 9.17) is 4.74 Å². The average Bonchev–Trinajstić information content (AvgIpc) is 2.75. The summed E-state index contributed by atoms with van der Waals surface area (Å²) in [5.74, 6) is -0.0421. The van der Waals surface area contributed by atoms with Gasteiger partial charge in [-0.3, -0.25) is 0 Å². The van der Waals surface area contributed by atoms with E-state index in [1.165, 1.54) is 13.2 Å². The Bertz CT molecular complexity index is 949. The standard InChI is InChI=1S/C21H19BrFNO3.C2H6/c1-27-21-11-14(6-7-24-21)13-3-5-18(19(23)9-13)20(26)10-16-8-17(22)4-2-15(16)12-25;1-2/h2-9,11,20,25-26H,10,12H2,1H3;1-2H3. The van der Waals surface area contributed by atoms with E-state index >= 15 is 0 Å². The smallest absolute Gasteiger partial charge is 0.213 e. The van der Waals surface area contributed by atoms with Crippen LogP contribution in [-0.4, -0.2) is 22.3 Å². The molecule has 0 fully saturated rings. The number of methoxy groups -OCH3 is 1. The molecule has 6 heteroatoms.